The van der Waals surface area contributed by atoms with E-state index in [2.05, 4.69) is 21.4 Å². The van der Waals surface area contributed by atoms with Gasteiger partial charge in [-0.05, 0) is 83.0 Å². The van der Waals surface area contributed by atoms with Gasteiger partial charge in [0.25, 0.3) is 11.8 Å². The summed E-state index contributed by atoms with van der Waals surface area (Å²) >= 11 is 3.52. The normalized spacial score (nSPS) is 14.1. The van der Waals surface area contributed by atoms with Crippen molar-refractivity contribution in [1.29, 1.82) is 0 Å². The average molecular weight is 553 g/mol. The lowest BCUT2D eigenvalue weighted by molar-refractivity contribution is -0.117. The van der Waals surface area contributed by atoms with Gasteiger partial charge in [0.05, 0.1) is 23.9 Å². The zero-order chi connectivity index (χ0) is 25.5. The van der Waals surface area contributed by atoms with Crippen LogP contribution in [0.2, 0.25) is 0 Å². The molecule has 0 spiro atoms. The van der Waals surface area contributed by atoms with E-state index in [9.17, 15) is 9.59 Å². The quantitative estimate of drug-likeness (QED) is 0.221. The summed E-state index contributed by atoms with van der Waals surface area (Å²) in [6, 6.07) is 19.7. The number of carbonyl (C=O) groups excluding carboxylic acids is 2. The van der Waals surface area contributed by atoms with Crippen molar-refractivity contribution >= 4 is 39.5 Å². The topological polar surface area (TPSA) is 86.3 Å². The van der Waals surface area contributed by atoms with Gasteiger partial charge < -0.3 is 18.9 Å². The molecular weight excluding hydrogens is 528 g/mol. The maximum atomic E-state index is 12.9. The van der Waals surface area contributed by atoms with Crippen molar-refractivity contribution < 1.29 is 28.5 Å². The fourth-order valence-corrected chi connectivity index (χ4v) is 4.11. The first-order valence-electron chi connectivity index (χ1n) is 11.3. The Morgan fingerprint density at radius 1 is 0.917 bits per heavy atom. The molecule has 1 heterocycles. The fraction of sp³-hybridized carbons (Fsp3) is 0.185. The number of rotatable bonds is 10. The summed E-state index contributed by atoms with van der Waals surface area (Å²) in [7, 11) is 1.61. The summed E-state index contributed by atoms with van der Waals surface area (Å²) in [4.78, 5) is 25.4. The number of amides is 2. The van der Waals surface area contributed by atoms with Gasteiger partial charge in [-0.1, -0.05) is 18.2 Å². The molecule has 0 saturated carbocycles. The predicted molar refractivity (Wildman–Crippen MR) is 139 cm³/mol. The third-order valence-corrected chi connectivity index (χ3v) is 5.80. The number of hydrogen-bond donors (Lipinski definition) is 1. The lowest BCUT2D eigenvalue weighted by Crippen LogP contribution is -2.35. The standard InChI is InChI=1S/C27H25BrN2O6/c1-3-34-24-17-18(15-22-26(31)29-30(27(22)32)19-7-5-4-6-8-19)16-23(28)25(24)36-14-13-35-21-11-9-20(33-2)10-12-21/h4-12,15-17H,3,13-14H2,1-2H3,(H,29,31). The molecule has 0 aromatic heterocycles. The number of ether oxygens (including phenoxy) is 4. The number of para-hydroxylation sites is 1. The van der Waals surface area contributed by atoms with Crippen LogP contribution in [0.3, 0.4) is 0 Å². The maximum Gasteiger partial charge on any atom is 0.282 e. The molecule has 1 aliphatic rings. The van der Waals surface area contributed by atoms with E-state index >= 15 is 0 Å². The van der Waals surface area contributed by atoms with E-state index in [4.69, 9.17) is 18.9 Å². The number of hydrogen-bond acceptors (Lipinski definition) is 6. The van der Waals surface area contributed by atoms with Gasteiger partial charge in [-0.25, -0.2) is 5.01 Å². The molecule has 8 nitrogen and oxygen atoms in total. The summed E-state index contributed by atoms with van der Waals surface area (Å²) in [5.41, 5.74) is 3.81. The van der Waals surface area contributed by atoms with E-state index < -0.39 is 11.8 Å². The predicted octanol–water partition coefficient (Wildman–Crippen LogP) is 4.78. The zero-order valence-electron chi connectivity index (χ0n) is 19.8. The number of nitrogens with zero attached hydrogens (tertiary/aromatic N) is 1. The van der Waals surface area contributed by atoms with Crippen molar-refractivity contribution in [2.75, 3.05) is 31.9 Å². The van der Waals surface area contributed by atoms with E-state index in [0.717, 1.165) is 5.75 Å². The molecule has 186 valence electrons. The molecule has 9 heteroatoms. The highest BCUT2D eigenvalue weighted by atomic mass is 79.9. The molecule has 4 rings (SSSR count). The van der Waals surface area contributed by atoms with E-state index in [0.29, 0.717) is 46.2 Å². The Balaban J connectivity index is 1.47. The molecule has 1 fully saturated rings. The Hall–Kier alpha value is -3.98. The van der Waals surface area contributed by atoms with Crippen LogP contribution in [0.1, 0.15) is 12.5 Å². The smallest absolute Gasteiger partial charge is 0.282 e. The first kappa shape index (κ1) is 25.1. The number of benzene rings is 3. The molecule has 0 bridgehead atoms. The summed E-state index contributed by atoms with van der Waals surface area (Å²) in [6.07, 6.45) is 1.53. The largest absolute Gasteiger partial charge is 0.497 e. The van der Waals surface area contributed by atoms with E-state index in [1.807, 2.05) is 37.3 Å². The van der Waals surface area contributed by atoms with Crippen LogP contribution in [0.25, 0.3) is 6.08 Å². The van der Waals surface area contributed by atoms with Gasteiger partial charge in [-0.15, -0.1) is 0 Å². The molecule has 0 aliphatic carbocycles. The molecule has 2 amide bonds. The van der Waals surface area contributed by atoms with Gasteiger partial charge in [0.1, 0.15) is 30.3 Å². The first-order valence-corrected chi connectivity index (χ1v) is 12.1. The van der Waals surface area contributed by atoms with Gasteiger partial charge >= 0.3 is 0 Å². The lowest BCUT2D eigenvalue weighted by atomic mass is 10.1. The van der Waals surface area contributed by atoms with Crippen molar-refractivity contribution in [2.45, 2.75) is 6.92 Å². The van der Waals surface area contributed by atoms with E-state index in [1.165, 1.54) is 11.1 Å². The van der Waals surface area contributed by atoms with Crippen LogP contribution in [0.5, 0.6) is 23.0 Å². The highest BCUT2D eigenvalue weighted by molar-refractivity contribution is 9.10. The molecule has 0 atom stereocenters. The van der Waals surface area contributed by atoms with Crippen LogP contribution in [0, 0.1) is 0 Å². The second-order valence-corrected chi connectivity index (χ2v) is 8.46. The molecular formula is C27H25BrN2O6. The summed E-state index contributed by atoms with van der Waals surface area (Å²) in [6.45, 7) is 2.87. The number of nitrogens with one attached hydrogen (secondary N) is 1. The second-order valence-electron chi connectivity index (χ2n) is 7.61. The third kappa shape index (κ3) is 5.80. The average Bonchev–Trinajstić information content (AvgIpc) is 3.17. The minimum Gasteiger partial charge on any atom is -0.497 e. The maximum absolute atomic E-state index is 12.9. The molecule has 3 aromatic carbocycles. The highest BCUT2D eigenvalue weighted by Gasteiger charge is 2.34. The summed E-state index contributed by atoms with van der Waals surface area (Å²) in [5, 5.41) is 1.23. The molecule has 1 saturated heterocycles. The minimum atomic E-state index is -0.478. The van der Waals surface area contributed by atoms with Gasteiger partial charge in [-0.2, -0.15) is 0 Å². The number of anilines is 1. The molecule has 0 radical (unpaired) electrons. The van der Waals surface area contributed by atoms with E-state index in [-0.39, 0.29) is 12.2 Å². The Morgan fingerprint density at radius 2 is 1.61 bits per heavy atom. The number of hydrazine groups is 1. The zero-order valence-corrected chi connectivity index (χ0v) is 21.4. The Morgan fingerprint density at radius 3 is 2.31 bits per heavy atom. The third-order valence-electron chi connectivity index (χ3n) is 5.21. The number of carbonyl (C=O) groups is 2. The van der Waals surface area contributed by atoms with Crippen molar-refractivity contribution in [2.24, 2.45) is 0 Å². The summed E-state index contributed by atoms with van der Waals surface area (Å²) in [5.74, 6) is 1.53. The van der Waals surface area contributed by atoms with Gasteiger partial charge in [0.15, 0.2) is 11.5 Å². The second kappa shape index (κ2) is 11.6. The highest BCUT2D eigenvalue weighted by Crippen LogP contribution is 2.38. The molecule has 1 aliphatic heterocycles. The van der Waals surface area contributed by atoms with Crippen LogP contribution in [0.15, 0.2) is 76.8 Å². The van der Waals surface area contributed by atoms with Crippen LogP contribution >= 0.6 is 15.9 Å². The first-order chi connectivity index (χ1) is 17.5. The number of halogens is 1. The molecule has 3 aromatic rings. The van der Waals surface area contributed by atoms with Crippen molar-refractivity contribution in [3.05, 3.63) is 82.3 Å². The SMILES string of the molecule is CCOc1cc(C=C2C(=O)NN(c3ccccc3)C2=O)cc(Br)c1OCCOc1ccc(OC)cc1. The fourth-order valence-electron chi connectivity index (χ4n) is 3.53. The van der Waals surface area contributed by atoms with Gasteiger partial charge in [-0.3, -0.25) is 15.0 Å². The lowest BCUT2D eigenvalue weighted by Gasteiger charge is -2.15. The number of methoxy groups -OCH3 is 1. The molecule has 0 unspecified atom stereocenters. The van der Waals surface area contributed by atoms with Gasteiger partial charge in [0, 0.05) is 0 Å². The van der Waals surface area contributed by atoms with Crippen LogP contribution in [-0.2, 0) is 9.59 Å². The summed E-state index contributed by atoms with van der Waals surface area (Å²) < 4.78 is 23.2. The molecule has 1 N–H and O–H groups in total. The minimum absolute atomic E-state index is 0.0229. The van der Waals surface area contributed by atoms with Crippen LogP contribution in [-0.4, -0.2) is 38.7 Å². The van der Waals surface area contributed by atoms with Crippen LogP contribution in [0.4, 0.5) is 5.69 Å². The van der Waals surface area contributed by atoms with Crippen molar-refractivity contribution in [3.8, 4) is 23.0 Å². The van der Waals surface area contributed by atoms with E-state index in [1.54, 1.807) is 43.5 Å². The van der Waals surface area contributed by atoms with Crippen LogP contribution < -0.4 is 29.4 Å². The Labute approximate surface area is 217 Å². The monoisotopic (exact) mass is 552 g/mol. The Kier molecular flexibility index (Phi) is 8.12. The molecule has 36 heavy (non-hydrogen) atoms. The van der Waals surface area contributed by atoms with Gasteiger partial charge in [0.2, 0.25) is 0 Å². The van der Waals surface area contributed by atoms with Crippen molar-refractivity contribution in [3.63, 3.8) is 0 Å². The Bertz CT molecular complexity index is 1260. The van der Waals surface area contributed by atoms with Crippen molar-refractivity contribution in [1.82, 2.24) is 5.43 Å².